The lowest BCUT2D eigenvalue weighted by Crippen LogP contribution is -1.89. The van der Waals surface area contributed by atoms with Gasteiger partial charge in [0.15, 0.2) is 0 Å². The quantitative estimate of drug-likeness (QED) is 0.473. The molecular weight excluding hydrogens is 176 g/mol. The summed E-state index contributed by atoms with van der Waals surface area (Å²) < 4.78 is 9.32. The molecule has 0 spiro atoms. The van der Waals surface area contributed by atoms with Gasteiger partial charge in [0.05, 0.1) is 0 Å². The zero-order valence-corrected chi connectivity index (χ0v) is 7.95. The van der Waals surface area contributed by atoms with Gasteiger partial charge in [-0.15, -0.1) is 25.7 Å². The Bertz CT molecular complexity index is 207. The molecule has 14 heavy (non-hydrogen) atoms. The number of terminal acetylenes is 4. The predicted octanol–water partition coefficient (Wildman–Crippen LogP) is 0.539. The number of hydrogen-bond acceptors (Lipinski definition) is 2. The van der Waals surface area contributed by atoms with Crippen LogP contribution in [0.25, 0.3) is 0 Å². The maximum absolute atomic E-state index is 4.83. The SMILES string of the molecule is C#CCOCC#C.C#CCOCC#C. The van der Waals surface area contributed by atoms with E-state index in [1.807, 2.05) is 0 Å². The fraction of sp³-hybridized carbons (Fsp3) is 0.333. The molecule has 0 atom stereocenters. The lowest BCUT2D eigenvalue weighted by molar-refractivity contribution is 0.205. The molecular formula is C12H12O2. The summed E-state index contributed by atoms with van der Waals surface area (Å²) >= 11 is 0. The molecule has 2 nitrogen and oxygen atoms in total. The van der Waals surface area contributed by atoms with Crippen molar-refractivity contribution in [1.82, 2.24) is 0 Å². The Balaban J connectivity index is 0. The fourth-order valence-electron chi connectivity index (χ4n) is 0.338. The van der Waals surface area contributed by atoms with E-state index in [4.69, 9.17) is 25.7 Å². The van der Waals surface area contributed by atoms with Gasteiger partial charge in [0.1, 0.15) is 26.4 Å². The van der Waals surface area contributed by atoms with Crippen LogP contribution in [0.3, 0.4) is 0 Å². The third-order valence-electron chi connectivity index (χ3n) is 0.742. The van der Waals surface area contributed by atoms with Crippen molar-refractivity contribution in [1.29, 1.82) is 0 Å². The fourth-order valence-corrected chi connectivity index (χ4v) is 0.338. The van der Waals surface area contributed by atoms with Gasteiger partial charge >= 0.3 is 0 Å². The summed E-state index contributed by atoms with van der Waals surface area (Å²) in [6.07, 6.45) is 19.3. The van der Waals surface area contributed by atoms with E-state index in [1.165, 1.54) is 0 Å². The molecule has 0 aromatic rings. The Kier molecular flexibility index (Phi) is 18.1. The largest absolute Gasteiger partial charge is 0.356 e. The number of ether oxygens (including phenoxy) is 2. The third-order valence-corrected chi connectivity index (χ3v) is 0.742. The molecule has 0 aliphatic rings. The molecule has 0 radical (unpaired) electrons. The van der Waals surface area contributed by atoms with Gasteiger partial charge < -0.3 is 9.47 Å². The lowest BCUT2D eigenvalue weighted by atomic mass is 10.7. The molecule has 0 heterocycles. The smallest absolute Gasteiger partial charge is 0.108 e. The Morgan fingerprint density at radius 3 is 0.929 bits per heavy atom. The molecule has 0 rings (SSSR count). The zero-order valence-electron chi connectivity index (χ0n) is 7.95. The molecule has 0 amide bonds. The van der Waals surface area contributed by atoms with Crippen LogP contribution in [0.4, 0.5) is 0 Å². The van der Waals surface area contributed by atoms with Crippen molar-refractivity contribution in [2.75, 3.05) is 26.4 Å². The molecule has 0 bridgehead atoms. The summed E-state index contributed by atoms with van der Waals surface area (Å²) in [6, 6.07) is 0. The highest BCUT2D eigenvalue weighted by atomic mass is 16.5. The van der Waals surface area contributed by atoms with Gasteiger partial charge in [-0.1, -0.05) is 23.7 Å². The molecule has 2 heteroatoms. The zero-order chi connectivity index (χ0) is 11.1. The maximum atomic E-state index is 4.83. The first-order valence-electron chi connectivity index (χ1n) is 3.72. The van der Waals surface area contributed by atoms with E-state index < -0.39 is 0 Å². The van der Waals surface area contributed by atoms with Crippen molar-refractivity contribution in [3.05, 3.63) is 0 Å². The van der Waals surface area contributed by atoms with Crippen LogP contribution in [0.5, 0.6) is 0 Å². The molecule has 0 aliphatic carbocycles. The Hall–Kier alpha value is -1.84. The van der Waals surface area contributed by atoms with E-state index >= 15 is 0 Å². The summed E-state index contributed by atoms with van der Waals surface area (Å²) in [5.74, 6) is 9.14. The van der Waals surface area contributed by atoms with Crippen LogP contribution >= 0.6 is 0 Å². The topological polar surface area (TPSA) is 18.5 Å². The van der Waals surface area contributed by atoms with Crippen LogP contribution in [0.1, 0.15) is 0 Å². The summed E-state index contributed by atoms with van der Waals surface area (Å²) in [5, 5.41) is 0. The molecule has 0 unspecified atom stereocenters. The Morgan fingerprint density at radius 2 is 0.786 bits per heavy atom. The van der Waals surface area contributed by atoms with E-state index in [2.05, 4.69) is 33.2 Å². The first-order valence-corrected chi connectivity index (χ1v) is 3.72. The van der Waals surface area contributed by atoms with Gasteiger partial charge in [-0.3, -0.25) is 0 Å². The van der Waals surface area contributed by atoms with Gasteiger partial charge in [0, 0.05) is 0 Å². The van der Waals surface area contributed by atoms with Crippen LogP contribution in [-0.2, 0) is 9.47 Å². The highest BCUT2D eigenvalue weighted by Crippen LogP contribution is 1.66. The predicted molar refractivity (Wildman–Crippen MR) is 57.0 cm³/mol. The highest BCUT2D eigenvalue weighted by molar-refractivity contribution is 4.87. The minimum absolute atomic E-state index is 0.310. The molecule has 0 fully saturated rings. The van der Waals surface area contributed by atoms with Crippen molar-refractivity contribution in [2.45, 2.75) is 0 Å². The summed E-state index contributed by atoms with van der Waals surface area (Å²) in [4.78, 5) is 0. The van der Waals surface area contributed by atoms with Gasteiger partial charge in [0.25, 0.3) is 0 Å². The highest BCUT2D eigenvalue weighted by Gasteiger charge is 1.71. The molecule has 0 N–H and O–H groups in total. The minimum Gasteiger partial charge on any atom is -0.356 e. The van der Waals surface area contributed by atoms with Crippen molar-refractivity contribution in [2.24, 2.45) is 0 Å². The molecule has 0 aliphatic heterocycles. The third kappa shape index (κ3) is 22.5. The van der Waals surface area contributed by atoms with Crippen LogP contribution < -0.4 is 0 Å². The second-order valence-electron chi connectivity index (χ2n) is 1.80. The van der Waals surface area contributed by atoms with Gasteiger partial charge in [-0.05, 0) is 0 Å². The average molecular weight is 188 g/mol. The number of hydrogen-bond donors (Lipinski definition) is 0. The van der Waals surface area contributed by atoms with Crippen LogP contribution in [-0.4, -0.2) is 26.4 Å². The monoisotopic (exact) mass is 188 g/mol. The lowest BCUT2D eigenvalue weighted by Gasteiger charge is -1.86. The first-order chi connectivity index (χ1) is 6.83. The van der Waals surface area contributed by atoms with E-state index in [9.17, 15) is 0 Å². The molecule has 0 aromatic heterocycles. The maximum Gasteiger partial charge on any atom is 0.108 e. The summed E-state index contributed by atoms with van der Waals surface area (Å²) in [5.41, 5.74) is 0. The Morgan fingerprint density at radius 1 is 0.571 bits per heavy atom. The van der Waals surface area contributed by atoms with Gasteiger partial charge in [-0.25, -0.2) is 0 Å². The van der Waals surface area contributed by atoms with Crippen LogP contribution in [0.2, 0.25) is 0 Å². The van der Waals surface area contributed by atoms with Gasteiger partial charge in [0.2, 0.25) is 0 Å². The minimum atomic E-state index is 0.310. The number of rotatable bonds is 4. The van der Waals surface area contributed by atoms with Crippen molar-refractivity contribution >= 4 is 0 Å². The van der Waals surface area contributed by atoms with Gasteiger partial charge in [-0.2, -0.15) is 0 Å². The van der Waals surface area contributed by atoms with Crippen LogP contribution in [0, 0.1) is 49.4 Å². The van der Waals surface area contributed by atoms with Crippen molar-refractivity contribution in [3.8, 4) is 49.4 Å². The van der Waals surface area contributed by atoms with E-state index in [1.54, 1.807) is 0 Å². The van der Waals surface area contributed by atoms with Crippen LogP contribution in [0.15, 0.2) is 0 Å². The second-order valence-corrected chi connectivity index (χ2v) is 1.80. The van der Waals surface area contributed by atoms with Crippen molar-refractivity contribution in [3.63, 3.8) is 0 Å². The normalized spacial score (nSPS) is 6.57. The Labute approximate surface area is 86.0 Å². The molecule has 0 saturated carbocycles. The second kappa shape index (κ2) is 17.3. The standard InChI is InChI=1S/2C6H6O/c2*1-3-5-7-6-4-2/h2*1-2H,5-6H2. The van der Waals surface area contributed by atoms with E-state index in [0.717, 1.165) is 0 Å². The summed E-state index contributed by atoms with van der Waals surface area (Å²) in [6.45, 7) is 1.24. The average Bonchev–Trinajstić information content (AvgIpc) is 2.21. The molecule has 0 aromatic carbocycles. The molecule has 72 valence electrons. The van der Waals surface area contributed by atoms with Crippen molar-refractivity contribution < 1.29 is 9.47 Å². The van der Waals surface area contributed by atoms with E-state index in [0.29, 0.717) is 26.4 Å². The van der Waals surface area contributed by atoms with E-state index in [-0.39, 0.29) is 0 Å². The molecule has 0 saturated heterocycles. The first kappa shape index (κ1) is 14.7. The summed E-state index contributed by atoms with van der Waals surface area (Å²) in [7, 11) is 0.